The molecule has 6 heteroatoms. The normalized spacial score (nSPS) is 35.0. The molecule has 2 saturated carbocycles. The Hall–Kier alpha value is -1.30. The Morgan fingerprint density at radius 3 is 2.81 bits per heavy atom. The standard InChI is InChI=1S/C21H35N3O3/c1-3-22-20(24-12-7-8-15(14-24)19(25)26-4-2)23-17-16-9-13-27-18(16)21(17)10-5-6-11-21/h15-18H,3-14H2,1-2H3,(H,22,23). The van der Waals surface area contributed by atoms with Gasteiger partial charge in [0.2, 0.25) is 0 Å². The lowest BCUT2D eigenvalue weighted by Gasteiger charge is -2.57. The largest absolute Gasteiger partial charge is 0.466 e. The van der Waals surface area contributed by atoms with E-state index in [1.165, 1.54) is 25.7 Å². The fourth-order valence-electron chi connectivity index (χ4n) is 6.05. The molecule has 2 aliphatic carbocycles. The number of guanidine groups is 1. The van der Waals surface area contributed by atoms with Crippen LogP contribution < -0.4 is 5.32 Å². The summed E-state index contributed by atoms with van der Waals surface area (Å²) in [6, 6.07) is 0.473. The van der Waals surface area contributed by atoms with E-state index in [2.05, 4.69) is 17.1 Å². The van der Waals surface area contributed by atoms with Gasteiger partial charge in [0.15, 0.2) is 5.96 Å². The summed E-state index contributed by atoms with van der Waals surface area (Å²) in [6.07, 6.45) is 8.73. The average molecular weight is 378 g/mol. The Balaban J connectivity index is 1.46. The summed E-state index contributed by atoms with van der Waals surface area (Å²) in [5.41, 5.74) is 0.312. The van der Waals surface area contributed by atoms with Crippen molar-refractivity contribution in [3.05, 3.63) is 0 Å². The molecule has 4 rings (SSSR count). The molecule has 152 valence electrons. The van der Waals surface area contributed by atoms with Crippen molar-refractivity contribution in [3.8, 4) is 0 Å². The number of nitrogens with zero attached hydrogens (tertiary/aromatic N) is 2. The number of nitrogens with one attached hydrogen (secondary N) is 1. The van der Waals surface area contributed by atoms with Gasteiger partial charge in [-0.15, -0.1) is 0 Å². The predicted molar refractivity (Wildman–Crippen MR) is 105 cm³/mol. The molecule has 2 aliphatic heterocycles. The van der Waals surface area contributed by atoms with Crippen LogP contribution in [0.4, 0.5) is 0 Å². The lowest BCUT2D eigenvalue weighted by Crippen LogP contribution is -2.69. The smallest absolute Gasteiger partial charge is 0.310 e. The minimum atomic E-state index is -0.0572. The minimum absolute atomic E-state index is 0.0352. The summed E-state index contributed by atoms with van der Waals surface area (Å²) in [6.45, 7) is 7.76. The van der Waals surface area contributed by atoms with Crippen LogP contribution in [-0.4, -0.2) is 61.8 Å². The first-order chi connectivity index (χ1) is 13.2. The van der Waals surface area contributed by atoms with E-state index in [1.807, 2.05) is 6.92 Å². The molecular weight excluding hydrogens is 342 g/mol. The van der Waals surface area contributed by atoms with Crippen molar-refractivity contribution in [3.63, 3.8) is 0 Å². The van der Waals surface area contributed by atoms with Crippen LogP contribution in [0.25, 0.3) is 0 Å². The molecule has 0 aromatic heterocycles. The monoisotopic (exact) mass is 377 g/mol. The van der Waals surface area contributed by atoms with Crippen molar-refractivity contribution in [1.82, 2.24) is 10.2 Å². The van der Waals surface area contributed by atoms with Crippen LogP contribution >= 0.6 is 0 Å². The van der Waals surface area contributed by atoms with E-state index in [4.69, 9.17) is 14.5 Å². The van der Waals surface area contributed by atoms with E-state index in [-0.39, 0.29) is 11.9 Å². The number of esters is 1. The van der Waals surface area contributed by atoms with E-state index in [9.17, 15) is 4.79 Å². The van der Waals surface area contributed by atoms with E-state index < -0.39 is 0 Å². The van der Waals surface area contributed by atoms with Gasteiger partial charge in [-0.05, 0) is 46.0 Å². The molecule has 4 aliphatic rings. The summed E-state index contributed by atoms with van der Waals surface area (Å²) < 4.78 is 11.4. The molecule has 4 fully saturated rings. The number of carbonyl (C=O) groups excluding carboxylic acids is 1. The Labute approximate surface area is 163 Å². The molecule has 0 aromatic carbocycles. The lowest BCUT2D eigenvalue weighted by molar-refractivity contribution is -0.149. The molecule has 0 aromatic rings. The highest BCUT2D eigenvalue weighted by Gasteiger charge is 2.65. The second kappa shape index (κ2) is 7.98. The second-order valence-corrected chi connectivity index (χ2v) is 8.64. The van der Waals surface area contributed by atoms with Crippen LogP contribution in [0.3, 0.4) is 0 Å². The molecular formula is C21H35N3O3. The van der Waals surface area contributed by atoms with Crippen LogP contribution in [0.2, 0.25) is 0 Å². The molecule has 1 spiro atoms. The Bertz CT molecular complexity index is 573. The first-order valence-corrected chi connectivity index (χ1v) is 11.0. The first kappa shape index (κ1) is 19.0. The predicted octanol–water partition coefficient (Wildman–Crippen LogP) is 2.57. The van der Waals surface area contributed by atoms with Crippen LogP contribution in [0, 0.1) is 17.3 Å². The zero-order valence-corrected chi connectivity index (χ0v) is 16.9. The van der Waals surface area contributed by atoms with Gasteiger partial charge in [-0.3, -0.25) is 9.79 Å². The zero-order valence-electron chi connectivity index (χ0n) is 16.9. The maximum Gasteiger partial charge on any atom is 0.310 e. The molecule has 6 nitrogen and oxygen atoms in total. The highest BCUT2D eigenvalue weighted by atomic mass is 16.5. The van der Waals surface area contributed by atoms with Crippen molar-refractivity contribution >= 4 is 11.9 Å². The molecule has 4 atom stereocenters. The third-order valence-electron chi connectivity index (χ3n) is 7.22. The summed E-state index contributed by atoms with van der Waals surface area (Å²) >= 11 is 0. The average Bonchev–Trinajstić information content (AvgIpc) is 3.34. The fraction of sp³-hybridized carbons (Fsp3) is 0.905. The Kier molecular flexibility index (Phi) is 5.62. The summed E-state index contributed by atoms with van der Waals surface area (Å²) in [7, 11) is 0. The minimum Gasteiger partial charge on any atom is -0.466 e. The van der Waals surface area contributed by atoms with E-state index >= 15 is 0 Å². The highest BCUT2D eigenvalue weighted by Crippen LogP contribution is 2.60. The van der Waals surface area contributed by atoms with Gasteiger partial charge in [-0.25, -0.2) is 0 Å². The van der Waals surface area contributed by atoms with Crippen molar-refractivity contribution in [2.45, 2.75) is 70.9 Å². The van der Waals surface area contributed by atoms with Crippen LogP contribution in [0.5, 0.6) is 0 Å². The van der Waals surface area contributed by atoms with Crippen molar-refractivity contribution in [2.75, 3.05) is 32.8 Å². The number of piperidine rings is 1. The van der Waals surface area contributed by atoms with Crippen LogP contribution in [0.1, 0.15) is 58.8 Å². The Morgan fingerprint density at radius 1 is 1.26 bits per heavy atom. The number of hydrogen-bond donors (Lipinski definition) is 1. The zero-order chi connectivity index (χ0) is 18.9. The quantitative estimate of drug-likeness (QED) is 0.463. The molecule has 0 radical (unpaired) electrons. The van der Waals surface area contributed by atoms with E-state index in [0.717, 1.165) is 51.5 Å². The molecule has 1 N–H and O–H groups in total. The van der Waals surface area contributed by atoms with Gasteiger partial charge in [0.25, 0.3) is 0 Å². The van der Waals surface area contributed by atoms with Gasteiger partial charge in [-0.2, -0.15) is 0 Å². The topological polar surface area (TPSA) is 63.2 Å². The van der Waals surface area contributed by atoms with E-state index in [1.54, 1.807) is 0 Å². The second-order valence-electron chi connectivity index (χ2n) is 8.64. The van der Waals surface area contributed by atoms with Crippen LogP contribution in [-0.2, 0) is 14.3 Å². The molecule has 2 saturated heterocycles. The third-order valence-corrected chi connectivity index (χ3v) is 7.22. The number of aliphatic imine (C=N–C) groups is 1. The van der Waals surface area contributed by atoms with Gasteiger partial charge < -0.3 is 19.7 Å². The molecule has 27 heavy (non-hydrogen) atoms. The number of fused-ring (bicyclic) bond motifs is 2. The first-order valence-electron chi connectivity index (χ1n) is 11.0. The molecule has 0 amide bonds. The maximum atomic E-state index is 12.2. The summed E-state index contributed by atoms with van der Waals surface area (Å²) in [5, 5.41) is 3.86. The maximum absolute atomic E-state index is 12.2. The SMILES string of the molecule is CCN=C(NC1C2CCOC2C12CCCC2)N1CCCC(C(=O)OCC)C1. The summed E-state index contributed by atoms with van der Waals surface area (Å²) in [4.78, 5) is 19.4. The van der Waals surface area contributed by atoms with Crippen molar-refractivity contribution in [2.24, 2.45) is 22.2 Å². The fourth-order valence-corrected chi connectivity index (χ4v) is 6.05. The third kappa shape index (κ3) is 3.34. The highest BCUT2D eigenvalue weighted by molar-refractivity contribution is 5.82. The van der Waals surface area contributed by atoms with Gasteiger partial charge in [0.1, 0.15) is 0 Å². The Morgan fingerprint density at radius 2 is 2.07 bits per heavy atom. The van der Waals surface area contributed by atoms with Crippen molar-refractivity contribution in [1.29, 1.82) is 0 Å². The lowest BCUT2D eigenvalue weighted by atomic mass is 9.54. The molecule has 0 bridgehead atoms. The van der Waals surface area contributed by atoms with Gasteiger partial charge in [0.05, 0.1) is 18.6 Å². The molecule has 2 heterocycles. The van der Waals surface area contributed by atoms with Gasteiger partial charge in [-0.1, -0.05) is 12.8 Å². The number of likely N-dealkylation sites (tertiary alicyclic amines) is 1. The molecule has 4 unspecified atom stereocenters. The van der Waals surface area contributed by atoms with Crippen LogP contribution in [0.15, 0.2) is 4.99 Å². The summed E-state index contributed by atoms with van der Waals surface area (Å²) in [5.74, 6) is 1.52. The number of carbonyl (C=O) groups is 1. The number of hydrogen-bond acceptors (Lipinski definition) is 4. The van der Waals surface area contributed by atoms with Gasteiger partial charge in [0, 0.05) is 43.6 Å². The van der Waals surface area contributed by atoms with E-state index in [0.29, 0.717) is 30.1 Å². The van der Waals surface area contributed by atoms with Crippen molar-refractivity contribution < 1.29 is 14.3 Å². The number of ether oxygens (including phenoxy) is 2. The van der Waals surface area contributed by atoms with Gasteiger partial charge >= 0.3 is 5.97 Å². The number of rotatable bonds is 4.